The second kappa shape index (κ2) is 3.46. The SMILES string of the molecule is O=c1[nH]cc(F)c(I)c1C(F)F. The van der Waals surface area contributed by atoms with Gasteiger partial charge in [0.05, 0.1) is 9.13 Å². The largest absolute Gasteiger partial charge is 0.326 e. The Morgan fingerprint density at radius 3 is 2.50 bits per heavy atom. The van der Waals surface area contributed by atoms with Gasteiger partial charge in [-0.25, -0.2) is 13.2 Å². The van der Waals surface area contributed by atoms with E-state index >= 15 is 0 Å². The van der Waals surface area contributed by atoms with Gasteiger partial charge in [0.2, 0.25) is 0 Å². The van der Waals surface area contributed by atoms with Crippen molar-refractivity contribution in [3.8, 4) is 0 Å². The molecule has 0 amide bonds. The van der Waals surface area contributed by atoms with E-state index in [0.29, 0.717) is 0 Å². The molecule has 0 radical (unpaired) electrons. The van der Waals surface area contributed by atoms with E-state index in [2.05, 4.69) is 0 Å². The minimum Gasteiger partial charge on any atom is -0.326 e. The third-order valence-electron chi connectivity index (χ3n) is 1.24. The Morgan fingerprint density at radius 2 is 2.08 bits per heavy atom. The quantitative estimate of drug-likeness (QED) is 0.789. The van der Waals surface area contributed by atoms with Crippen molar-refractivity contribution in [2.75, 3.05) is 0 Å². The molecule has 1 heterocycles. The topological polar surface area (TPSA) is 32.9 Å². The molecule has 2 nitrogen and oxygen atoms in total. The normalized spacial score (nSPS) is 10.8. The molecule has 1 aromatic heterocycles. The molecule has 0 unspecified atom stereocenters. The van der Waals surface area contributed by atoms with Gasteiger partial charge in [-0.15, -0.1) is 0 Å². The van der Waals surface area contributed by atoms with E-state index in [9.17, 15) is 18.0 Å². The summed E-state index contributed by atoms with van der Waals surface area (Å²) in [6, 6.07) is 0. The van der Waals surface area contributed by atoms with Gasteiger partial charge in [-0.1, -0.05) is 0 Å². The predicted octanol–water partition coefficient (Wildman–Crippen LogP) is 2.06. The number of aromatic nitrogens is 1. The first-order valence-electron chi connectivity index (χ1n) is 2.88. The third-order valence-corrected chi connectivity index (χ3v) is 2.34. The molecular weight excluding hydrogens is 286 g/mol. The Hall–Kier alpha value is -0.530. The van der Waals surface area contributed by atoms with Crippen LogP contribution in [0.1, 0.15) is 12.0 Å². The summed E-state index contributed by atoms with van der Waals surface area (Å²) in [6.45, 7) is 0. The van der Waals surface area contributed by atoms with Gasteiger partial charge in [0.1, 0.15) is 0 Å². The van der Waals surface area contributed by atoms with Gasteiger partial charge >= 0.3 is 0 Å². The average Bonchev–Trinajstić information content (AvgIpc) is 1.97. The lowest BCUT2D eigenvalue weighted by Gasteiger charge is -2.01. The standard InChI is InChI=1S/C6H3F3INO/c7-2-1-11-6(12)3(4(2)10)5(8)9/h1,5H,(H,11,12). The highest BCUT2D eigenvalue weighted by Gasteiger charge is 2.18. The van der Waals surface area contributed by atoms with Crippen molar-refractivity contribution in [2.45, 2.75) is 6.43 Å². The molecule has 0 fully saturated rings. The van der Waals surface area contributed by atoms with Gasteiger partial charge in [0.25, 0.3) is 12.0 Å². The van der Waals surface area contributed by atoms with Crippen molar-refractivity contribution in [1.82, 2.24) is 4.98 Å². The molecule has 6 heteroatoms. The average molecular weight is 289 g/mol. The van der Waals surface area contributed by atoms with Crippen LogP contribution in [0.3, 0.4) is 0 Å². The Labute approximate surface area is 78.9 Å². The van der Waals surface area contributed by atoms with Gasteiger partial charge in [-0.2, -0.15) is 0 Å². The van der Waals surface area contributed by atoms with E-state index in [1.807, 2.05) is 4.98 Å². The molecule has 0 aliphatic rings. The molecule has 1 rings (SSSR count). The minimum atomic E-state index is -2.95. The fraction of sp³-hybridized carbons (Fsp3) is 0.167. The second-order valence-electron chi connectivity index (χ2n) is 1.99. The molecule has 0 aliphatic heterocycles. The molecule has 0 saturated heterocycles. The Kier molecular flexibility index (Phi) is 2.76. The van der Waals surface area contributed by atoms with Gasteiger partial charge < -0.3 is 4.98 Å². The van der Waals surface area contributed by atoms with Crippen molar-refractivity contribution in [2.24, 2.45) is 0 Å². The summed E-state index contributed by atoms with van der Waals surface area (Å²) >= 11 is 1.37. The van der Waals surface area contributed by atoms with Crippen molar-refractivity contribution >= 4 is 22.6 Å². The zero-order valence-corrected chi connectivity index (χ0v) is 7.73. The van der Waals surface area contributed by atoms with Crippen LogP contribution < -0.4 is 5.56 Å². The van der Waals surface area contributed by atoms with E-state index in [1.165, 1.54) is 22.6 Å². The first kappa shape index (κ1) is 9.56. The highest BCUT2D eigenvalue weighted by molar-refractivity contribution is 14.1. The van der Waals surface area contributed by atoms with E-state index in [1.54, 1.807) is 0 Å². The van der Waals surface area contributed by atoms with Crippen LogP contribution >= 0.6 is 22.6 Å². The summed E-state index contributed by atoms with van der Waals surface area (Å²) in [4.78, 5) is 12.6. The van der Waals surface area contributed by atoms with Crippen LogP contribution in [0, 0.1) is 9.39 Å². The van der Waals surface area contributed by atoms with Crippen molar-refractivity contribution < 1.29 is 13.2 Å². The predicted molar refractivity (Wildman–Crippen MR) is 44.7 cm³/mol. The number of nitrogens with one attached hydrogen (secondary N) is 1. The number of H-pyrrole nitrogens is 1. The lowest BCUT2D eigenvalue weighted by atomic mass is 10.3. The van der Waals surface area contributed by atoms with Crippen LogP contribution in [0.2, 0.25) is 0 Å². The van der Waals surface area contributed by atoms with Gasteiger partial charge in [0.15, 0.2) is 5.82 Å². The number of hydrogen-bond acceptors (Lipinski definition) is 1. The summed E-state index contributed by atoms with van der Waals surface area (Å²) in [5.74, 6) is -0.842. The zero-order valence-electron chi connectivity index (χ0n) is 5.57. The maximum Gasteiger partial charge on any atom is 0.270 e. The smallest absolute Gasteiger partial charge is 0.270 e. The lowest BCUT2D eigenvalue weighted by molar-refractivity contribution is 0.148. The van der Waals surface area contributed by atoms with Gasteiger partial charge in [-0.3, -0.25) is 4.79 Å². The molecule has 0 saturated carbocycles. The molecule has 0 atom stereocenters. The molecule has 0 bridgehead atoms. The number of hydrogen-bond donors (Lipinski definition) is 1. The molecule has 1 N–H and O–H groups in total. The van der Waals surface area contributed by atoms with E-state index < -0.39 is 23.4 Å². The van der Waals surface area contributed by atoms with Crippen molar-refractivity contribution in [3.63, 3.8) is 0 Å². The maximum atomic E-state index is 12.6. The Morgan fingerprint density at radius 1 is 1.50 bits per heavy atom. The molecule has 0 aliphatic carbocycles. The number of aromatic amines is 1. The highest BCUT2D eigenvalue weighted by Crippen LogP contribution is 2.21. The summed E-state index contributed by atoms with van der Waals surface area (Å²) < 4.78 is 36.4. The number of rotatable bonds is 1. The maximum absolute atomic E-state index is 12.6. The monoisotopic (exact) mass is 289 g/mol. The van der Waals surface area contributed by atoms with Crippen LogP contribution in [0.15, 0.2) is 11.0 Å². The number of pyridine rings is 1. The van der Waals surface area contributed by atoms with E-state index in [4.69, 9.17) is 0 Å². The summed E-state index contributed by atoms with van der Waals surface area (Å²) in [6.07, 6.45) is -2.19. The first-order valence-corrected chi connectivity index (χ1v) is 3.96. The van der Waals surface area contributed by atoms with Crippen molar-refractivity contribution in [3.05, 3.63) is 31.5 Å². The van der Waals surface area contributed by atoms with Crippen LogP contribution in [-0.2, 0) is 0 Å². The van der Waals surface area contributed by atoms with Crippen LogP contribution in [0.4, 0.5) is 13.2 Å². The van der Waals surface area contributed by atoms with Gasteiger partial charge in [-0.05, 0) is 22.6 Å². The number of halogens is 4. The molecular formula is C6H3F3INO. The first-order chi connectivity index (χ1) is 5.54. The third kappa shape index (κ3) is 1.62. The Balaban J connectivity index is 3.43. The molecule has 0 spiro atoms. The van der Waals surface area contributed by atoms with E-state index in [-0.39, 0.29) is 3.57 Å². The lowest BCUT2D eigenvalue weighted by Crippen LogP contribution is -2.15. The zero-order chi connectivity index (χ0) is 9.30. The molecule has 0 aromatic carbocycles. The minimum absolute atomic E-state index is 0.327. The van der Waals surface area contributed by atoms with Gasteiger partial charge in [0, 0.05) is 6.20 Å². The number of alkyl halides is 2. The van der Waals surface area contributed by atoms with Crippen molar-refractivity contribution in [1.29, 1.82) is 0 Å². The van der Waals surface area contributed by atoms with E-state index in [0.717, 1.165) is 6.20 Å². The van der Waals surface area contributed by atoms with Crippen LogP contribution in [0.25, 0.3) is 0 Å². The van der Waals surface area contributed by atoms with Crippen LogP contribution in [-0.4, -0.2) is 4.98 Å². The van der Waals surface area contributed by atoms with Crippen LogP contribution in [0.5, 0.6) is 0 Å². The molecule has 12 heavy (non-hydrogen) atoms. The summed E-state index contributed by atoms with van der Waals surface area (Å²) in [5, 5.41) is 0. The second-order valence-corrected chi connectivity index (χ2v) is 3.07. The Bertz CT molecular complexity index is 349. The highest BCUT2D eigenvalue weighted by atomic mass is 127. The fourth-order valence-corrected chi connectivity index (χ4v) is 1.33. The molecule has 1 aromatic rings. The fourth-order valence-electron chi connectivity index (χ4n) is 0.693. The molecule has 66 valence electrons. The summed E-state index contributed by atoms with van der Waals surface area (Å²) in [7, 11) is 0. The summed E-state index contributed by atoms with van der Waals surface area (Å²) in [5.41, 5.74) is -1.76.